The van der Waals surface area contributed by atoms with Gasteiger partial charge < -0.3 is 5.32 Å². The molecule has 0 saturated heterocycles. The number of para-hydroxylation sites is 1. The molecule has 0 fully saturated rings. The molecule has 2 nitrogen and oxygen atoms in total. The summed E-state index contributed by atoms with van der Waals surface area (Å²) in [5.41, 5.74) is 1.62. The third kappa shape index (κ3) is 3.42. The van der Waals surface area contributed by atoms with E-state index in [-0.39, 0.29) is 5.56 Å². The van der Waals surface area contributed by atoms with Gasteiger partial charge in [-0.05, 0) is 29.8 Å². The van der Waals surface area contributed by atoms with Crippen molar-refractivity contribution < 1.29 is 9.18 Å². The van der Waals surface area contributed by atoms with Gasteiger partial charge in [-0.2, -0.15) is 0 Å². The van der Waals surface area contributed by atoms with Gasteiger partial charge in [0.15, 0.2) is 0 Å². The van der Waals surface area contributed by atoms with Gasteiger partial charge in [-0.15, -0.1) is 0 Å². The van der Waals surface area contributed by atoms with Crippen molar-refractivity contribution in [3.8, 4) is 0 Å². The van der Waals surface area contributed by atoms with E-state index in [1.54, 1.807) is 12.1 Å². The summed E-state index contributed by atoms with van der Waals surface area (Å²) in [6.45, 7) is 0. The quantitative estimate of drug-likeness (QED) is 0.758. The Morgan fingerprint density at radius 2 is 1.95 bits per heavy atom. The van der Waals surface area contributed by atoms with E-state index < -0.39 is 11.7 Å². The first-order valence-corrected chi connectivity index (χ1v) is 7.43. The number of anilines is 1. The Bertz CT molecular complexity index is 616. The molecule has 0 spiro atoms. The molecule has 2 aromatic carbocycles. The predicted molar refractivity (Wildman–Crippen MR) is 81.1 cm³/mol. The summed E-state index contributed by atoms with van der Waals surface area (Å²) in [5, 5.41) is 3.33. The van der Waals surface area contributed by atoms with Gasteiger partial charge in [-0.3, -0.25) is 4.79 Å². The highest BCUT2D eigenvalue weighted by molar-refractivity contribution is 9.10. The van der Waals surface area contributed by atoms with Crippen LogP contribution in [0.5, 0.6) is 0 Å². The fourth-order valence-corrected chi connectivity index (χ4v) is 2.47. The fraction of sp³-hybridized carbons (Fsp3) is 0.0714. The van der Waals surface area contributed by atoms with Crippen LogP contribution in [0.15, 0.2) is 46.9 Å². The van der Waals surface area contributed by atoms with Crippen LogP contribution in [-0.4, -0.2) is 5.91 Å². The average molecular weight is 387 g/mol. The Hall–Kier alpha value is -1.20. The summed E-state index contributed by atoms with van der Waals surface area (Å²) in [7, 11) is 0. The summed E-state index contributed by atoms with van der Waals surface area (Å²) in [4.78, 5) is 12.1. The van der Waals surface area contributed by atoms with Crippen molar-refractivity contribution in [2.24, 2.45) is 0 Å². The van der Waals surface area contributed by atoms with Crippen molar-refractivity contribution in [1.82, 2.24) is 0 Å². The number of carbonyl (C=O) groups excluding carboxylic acids is 1. The lowest BCUT2D eigenvalue weighted by atomic mass is 10.1. The smallest absolute Gasteiger partial charge is 0.258 e. The van der Waals surface area contributed by atoms with Gasteiger partial charge in [0.25, 0.3) is 5.91 Å². The molecule has 1 N–H and O–H groups in total. The molecular formula is C14H10Br2FNO. The zero-order chi connectivity index (χ0) is 13.8. The molecule has 0 radical (unpaired) electrons. The van der Waals surface area contributed by atoms with Crippen LogP contribution < -0.4 is 5.32 Å². The van der Waals surface area contributed by atoms with Gasteiger partial charge in [0.05, 0.1) is 5.56 Å². The Balaban J connectivity index is 2.28. The van der Waals surface area contributed by atoms with Crippen molar-refractivity contribution in [2.45, 2.75) is 5.33 Å². The topological polar surface area (TPSA) is 29.1 Å². The van der Waals surface area contributed by atoms with Gasteiger partial charge in [0.1, 0.15) is 5.82 Å². The minimum Gasteiger partial charge on any atom is -0.322 e. The molecule has 0 aliphatic rings. The van der Waals surface area contributed by atoms with Gasteiger partial charge in [0, 0.05) is 15.5 Å². The van der Waals surface area contributed by atoms with Crippen LogP contribution in [0.3, 0.4) is 0 Å². The van der Waals surface area contributed by atoms with Crippen molar-refractivity contribution in [1.29, 1.82) is 0 Å². The Labute approximate surface area is 127 Å². The van der Waals surface area contributed by atoms with Crippen LogP contribution in [0.1, 0.15) is 15.9 Å². The third-order valence-corrected chi connectivity index (χ3v) is 3.68. The standard InChI is InChI=1S/C14H10Br2FNO/c15-8-9-3-1-2-4-13(9)18-14(19)11-7-10(16)5-6-12(11)17/h1-7H,8H2,(H,18,19). The van der Waals surface area contributed by atoms with Gasteiger partial charge in [0.2, 0.25) is 0 Å². The van der Waals surface area contributed by atoms with E-state index in [4.69, 9.17) is 0 Å². The predicted octanol–water partition coefficient (Wildman–Crippen LogP) is 4.74. The largest absolute Gasteiger partial charge is 0.322 e. The molecular weight excluding hydrogens is 377 g/mol. The van der Waals surface area contributed by atoms with Crippen LogP contribution in [0.2, 0.25) is 0 Å². The normalized spacial score (nSPS) is 10.3. The number of halogens is 3. The number of benzene rings is 2. The van der Waals surface area contributed by atoms with Gasteiger partial charge in [-0.1, -0.05) is 50.1 Å². The molecule has 0 saturated carbocycles. The van der Waals surface area contributed by atoms with Crippen LogP contribution in [0.4, 0.5) is 10.1 Å². The zero-order valence-electron chi connectivity index (χ0n) is 9.79. The Morgan fingerprint density at radius 1 is 1.21 bits per heavy atom. The Kier molecular flexibility index (Phi) is 4.71. The van der Waals surface area contributed by atoms with E-state index in [0.717, 1.165) is 5.56 Å². The van der Waals surface area contributed by atoms with Crippen molar-refractivity contribution in [3.63, 3.8) is 0 Å². The second kappa shape index (κ2) is 6.30. The van der Waals surface area contributed by atoms with E-state index in [0.29, 0.717) is 15.5 Å². The van der Waals surface area contributed by atoms with E-state index in [9.17, 15) is 9.18 Å². The number of hydrogen-bond acceptors (Lipinski definition) is 1. The van der Waals surface area contributed by atoms with E-state index >= 15 is 0 Å². The first-order valence-electron chi connectivity index (χ1n) is 5.52. The fourth-order valence-electron chi connectivity index (χ4n) is 1.62. The number of amides is 1. The molecule has 98 valence electrons. The summed E-state index contributed by atoms with van der Waals surface area (Å²) >= 11 is 6.57. The number of alkyl halides is 1. The second-order valence-electron chi connectivity index (χ2n) is 3.87. The number of nitrogens with one attached hydrogen (secondary N) is 1. The summed E-state index contributed by atoms with van der Waals surface area (Å²) < 4.78 is 14.3. The molecule has 0 aromatic heterocycles. The second-order valence-corrected chi connectivity index (χ2v) is 5.35. The number of rotatable bonds is 3. The molecule has 19 heavy (non-hydrogen) atoms. The molecule has 5 heteroatoms. The zero-order valence-corrected chi connectivity index (χ0v) is 13.0. The monoisotopic (exact) mass is 385 g/mol. The molecule has 0 unspecified atom stereocenters. The first kappa shape index (κ1) is 14.2. The molecule has 0 atom stereocenters. The maximum atomic E-state index is 13.6. The molecule has 2 aromatic rings. The third-order valence-electron chi connectivity index (χ3n) is 2.58. The summed E-state index contributed by atoms with van der Waals surface area (Å²) in [6.07, 6.45) is 0. The lowest BCUT2D eigenvalue weighted by Gasteiger charge is -2.10. The summed E-state index contributed by atoms with van der Waals surface area (Å²) in [5.74, 6) is -1.01. The SMILES string of the molecule is O=C(Nc1ccccc1CBr)c1cc(Br)ccc1F. The Morgan fingerprint density at radius 3 is 2.68 bits per heavy atom. The van der Waals surface area contributed by atoms with E-state index in [2.05, 4.69) is 37.2 Å². The van der Waals surface area contributed by atoms with Crippen molar-refractivity contribution in [2.75, 3.05) is 5.32 Å². The number of hydrogen-bond donors (Lipinski definition) is 1. The lowest BCUT2D eigenvalue weighted by Crippen LogP contribution is -2.14. The minimum absolute atomic E-state index is 0.0127. The van der Waals surface area contributed by atoms with E-state index in [1.807, 2.05) is 18.2 Å². The summed E-state index contributed by atoms with van der Waals surface area (Å²) in [6, 6.07) is 11.6. The first-order chi connectivity index (χ1) is 9.11. The number of carbonyl (C=O) groups is 1. The van der Waals surface area contributed by atoms with Crippen LogP contribution in [0.25, 0.3) is 0 Å². The molecule has 0 heterocycles. The van der Waals surface area contributed by atoms with E-state index in [1.165, 1.54) is 12.1 Å². The average Bonchev–Trinajstić information content (AvgIpc) is 2.42. The highest BCUT2D eigenvalue weighted by Crippen LogP contribution is 2.21. The van der Waals surface area contributed by atoms with Gasteiger partial charge >= 0.3 is 0 Å². The molecule has 0 aliphatic heterocycles. The highest BCUT2D eigenvalue weighted by atomic mass is 79.9. The van der Waals surface area contributed by atoms with Crippen LogP contribution >= 0.6 is 31.9 Å². The maximum absolute atomic E-state index is 13.6. The molecule has 1 amide bonds. The minimum atomic E-state index is -0.544. The maximum Gasteiger partial charge on any atom is 0.258 e. The lowest BCUT2D eigenvalue weighted by molar-refractivity contribution is 0.102. The molecule has 0 aliphatic carbocycles. The molecule has 0 bridgehead atoms. The molecule has 2 rings (SSSR count). The van der Waals surface area contributed by atoms with Crippen LogP contribution in [-0.2, 0) is 5.33 Å². The van der Waals surface area contributed by atoms with Crippen molar-refractivity contribution in [3.05, 3.63) is 63.9 Å². The van der Waals surface area contributed by atoms with Crippen LogP contribution in [0, 0.1) is 5.82 Å². The van der Waals surface area contributed by atoms with Crippen molar-refractivity contribution >= 4 is 43.5 Å². The van der Waals surface area contributed by atoms with Gasteiger partial charge in [-0.25, -0.2) is 4.39 Å². The highest BCUT2D eigenvalue weighted by Gasteiger charge is 2.13.